The normalized spacial score (nSPS) is 11.3. The Hall–Kier alpha value is -2.53. The standard InChI is InChI=1S/C17H12N2O2S/c1-10-3-2-4-11(7-10)13(20)8-15-19-12-5-6-14-16(17(12)21-15)18-9-22-14/h2-7,9H,8H2,1H3. The van der Waals surface area contributed by atoms with Gasteiger partial charge in [0.25, 0.3) is 0 Å². The third kappa shape index (κ3) is 2.19. The fourth-order valence-corrected chi connectivity index (χ4v) is 3.17. The lowest BCUT2D eigenvalue weighted by Crippen LogP contribution is -2.03. The van der Waals surface area contributed by atoms with Gasteiger partial charge in [0.1, 0.15) is 11.0 Å². The van der Waals surface area contributed by atoms with Crippen molar-refractivity contribution in [1.82, 2.24) is 9.97 Å². The number of hydrogen-bond acceptors (Lipinski definition) is 5. The van der Waals surface area contributed by atoms with E-state index in [-0.39, 0.29) is 12.2 Å². The molecule has 0 aliphatic rings. The first-order chi connectivity index (χ1) is 10.7. The molecule has 4 rings (SSSR count). The third-order valence-corrected chi connectivity index (χ3v) is 4.35. The molecule has 5 heteroatoms. The first-order valence-corrected chi connectivity index (χ1v) is 7.80. The van der Waals surface area contributed by atoms with Crippen molar-refractivity contribution in [2.24, 2.45) is 0 Å². The zero-order valence-electron chi connectivity index (χ0n) is 11.9. The average Bonchev–Trinajstić information content (AvgIpc) is 3.11. The number of carbonyl (C=O) groups excluding carboxylic acids is 1. The topological polar surface area (TPSA) is 56.0 Å². The molecule has 2 aromatic carbocycles. The number of fused-ring (bicyclic) bond motifs is 3. The van der Waals surface area contributed by atoms with Gasteiger partial charge in [-0.05, 0) is 25.1 Å². The van der Waals surface area contributed by atoms with Crippen molar-refractivity contribution in [3.63, 3.8) is 0 Å². The van der Waals surface area contributed by atoms with E-state index in [2.05, 4.69) is 9.97 Å². The Labute approximate surface area is 130 Å². The molecule has 0 saturated heterocycles. The first-order valence-electron chi connectivity index (χ1n) is 6.92. The average molecular weight is 308 g/mol. The Bertz CT molecular complexity index is 1000. The van der Waals surface area contributed by atoms with Gasteiger partial charge in [0.2, 0.25) is 5.89 Å². The van der Waals surface area contributed by atoms with Crippen molar-refractivity contribution in [2.75, 3.05) is 0 Å². The molecular formula is C17H12N2O2S. The lowest BCUT2D eigenvalue weighted by atomic mass is 10.1. The van der Waals surface area contributed by atoms with Crippen LogP contribution in [0.1, 0.15) is 21.8 Å². The summed E-state index contributed by atoms with van der Waals surface area (Å²) in [5.74, 6) is 0.437. The van der Waals surface area contributed by atoms with Crippen LogP contribution in [0.2, 0.25) is 0 Å². The molecule has 4 nitrogen and oxygen atoms in total. The number of aromatic nitrogens is 2. The van der Waals surface area contributed by atoms with E-state index in [0.717, 1.165) is 21.3 Å². The molecule has 4 aromatic rings. The van der Waals surface area contributed by atoms with Gasteiger partial charge in [0, 0.05) is 5.56 Å². The molecule has 0 bridgehead atoms. The van der Waals surface area contributed by atoms with E-state index in [9.17, 15) is 4.79 Å². The number of aryl methyl sites for hydroxylation is 1. The highest BCUT2D eigenvalue weighted by Gasteiger charge is 2.15. The number of ketones is 1. The maximum absolute atomic E-state index is 12.3. The van der Waals surface area contributed by atoms with Gasteiger partial charge in [-0.15, -0.1) is 11.3 Å². The summed E-state index contributed by atoms with van der Waals surface area (Å²) in [4.78, 5) is 21.1. The quantitative estimate of drug-likeness (QED) is 0.533. The van der Waals surface area contributed by atoms with E-state index in [4.69, 9.17) is 4.42 Å². The zero-order valence-corrected chi connectivity index (χ0v) is 12.7. The number of benzene rings is 2. The van der Waals surface area contributed by atoms with Crippen LogP contribution in [0.25, 0.3) is 21.3 Å². The second kappa shape index (κ2) is 5.03. The van der Waals surface area contributed by atoms with Crippen LogP contribution in [-0.2, 0) is 6.42 Å². The van der Waals surface area contributed by atoms with Gasteiger partial charge in [-0.25, -0.2) is 9.97 Å². The van der Waals surface area contributed by atoms with Crippen molar-refractivity contribution in [1.29, 1.82) is 0 Å². The van der Waals surface area contributed by atoms with Gasteiger partial charge in [0.15, 0.2) is 11.4 Å². The van der Waals surface area contributed by atoms with Crippen LogP contribution in [0, 0.1) is 6.92 Å². The van der Waals surface area contributed by atoms with Crippen molar-refractivity contribution in [2.45, 2.75) is 13.3 Å². The Balaban J connectivity index is 1.71. The van der Waals surface area contributed by atoms with E-state index >= 15 is 0 Å². The molecule has 0 fully saturated rings. The molecule has 0 N–H and O–H groups in total. The van der Waals surface area contributed by atoms with Gasteiger partial charge in [-0.3, -0.25) is 4.79 Å². The van der Waals surface area contributed by atoms with E-state index in [0.29, 0.717) is 17.0 Å². The highest BCUT2D eigenvalue weighted by Crippen LogP contribution is 2.27. The van der Waals surface area contributed by atoms with Crippen molar-refractivity contribution in [3.8, 4) is 0 Å². The minimum Gasteiger partial charge on any atom is -0.438 e. The molecular weight excluding hydrogens is 296 g/mol. The highest BCUT2D eigenvalue weighted by molar-refractivity contribution is 7.16. The minimum absolute atomic E-state index is 0.00442. The van der Waals surface area contributed by atoms with Crippen molar-refractivity contribution in [3.05, 3.63) is 58.9 Å². The van der Waals surface area contributed by atoms with Crippen LogP contribution >= 0.6 is 11.3 Å². The molecule has 0 saturated carbocycles. The smallest absolute Gasteiger partial charge is 0.203 e. The fourth-order valence-electron chi connectivity index (χ4n) is 2.49. The molecule has 0 amide bonds. The number of thiazole rings is 1. The Morgan fingerprint density at radius 3 is 3.05 bits per heavy atom. The van der Waals surface area contributed by atoms with Crippen LogP contribution in [0.4, 0.5) is 0 Å². The minimum atomic E-state index is 0.00442. The van der Waals surface area contributed by atoms with Gasteiger partial charge in [0.05, 0.1) is 16.6 Å². The maximum atomic E-state index is 12.3. The number of nitrogens with zero attached hydrogens (tertiary/aromatic N) is 2. The molecule has 0 aliphatic carbocycles. The summed E-state index contributed by atoms with van der Waals surface area (Å²) < 4.78 is 6.83. The molecule has 22 heavy (non-hydrogen) atoms. The monoisotopic (exact) mass is 308 g/mol. The summed E-state index contributed by atoms with van der Waals surface area (Å²) in [6.07, 6.45) is 0.157. The number of rotatable bonds is 3. The summed E-state index contributed by atoms with van der Waals surface area (Å²) >= 11 is 1.56. The van der Waals surface area contributed by atoms with Crippen molar-refractivity contribution >= 4 is 38.4 Å². The second-order valence-electron chi connectivity index (χ2n) is 5.19. The Morgan fingerprint density at radius 1 is 1.27 bits per heavy atom. The number of oxazole rings is 1. The molecule has 0 spiro atoms. The van der Waals surface area contributed by atoms with Crippen LogP contribution in [-0.4, -0.2) is 15.8 Å². The first kappa shape index (κ1) is 13.2. The molecule has 108 valence electrons. The number of Topliss-reactive ketones (excluding diaryl/α,β-unsaturated/α-hetero) is 1. The van der Waals surface area contributed by atoms with Crippen LogP contribution in [0.5, 0.6) is 0 Å². The molecule has 0 unspecified atom stereocenters. The summed E-state index contributed by atoms with van der Waals surface area (Å²) in [5.41, 5.74) is 5.73. The third-order valence-electron chi connectivity index (χ3n) is 3.55. The zero-order chi connectivity index (χ0) is 15.1. The predicted octanol–water partition coefficient (Wildman–Crippen LogP) is 4.17. The lowest BCUT2D eigenvalue weighted by molar-refractivity contribution is 0.0986. The Morgan fingerprint density at radius 2 is 2.18 bits per heavy atom. The summed E-state index contributed by atoms with van der Waals surface area (Å²) in [5, 5.41) is 0. The summed E-state index contributed by atoms with van der Waals surface area (Å²) in [7, 11) is 0. The maximum Gasteiger partial charge on any atom is 0.203 e. The predicted molar refractivity (Wildman–Crippen MR) is 86.4 cm³/mol. The van der Waals surface area contributed by atoms with E-state index in [1.807, 2.05) is 43.3 Å². The largest absolute Gasteiger partial charge is 0.438 e. The number of carbonyl (C=O) groups is 1. The van der Waals surface area contributed by atoms with Crippen LogP contribution in [0.3, 0.4) is 0 Å². The van der Waals surface area contributed by atoms with Gasteiger partial charge in [-0.2, -0.15) is 0 Å². The molecule has 0 radical (unpaired) electrons. The van der Waals surface area contributed by atoms with E-state index in [1.54, 1.807) is 16.8 Å². The molecule has 2 aromatic heterocycles. The van der Waals surface area contributed by atoms with Crippen LogP contribution < -0.4 is 0 Å². The fraction of sp³-hybridized carbons (Fsp3) is 0.118. The second-order valence-corrected chi connectivity index (χ2v) is 6.08. The molecule has 2 heterocycles. The highest BCUT2D eigenvalue weighted by atomic mass is 32.1. The lowest BCUT2D eigenvalue weighted by Gasteiger charge is -1.99. The number of hydrogen-bond donors (Lipinski definition) is 0. The molecule has 0 aliphatic heterocycles. The van der Waals surface area contributed by atoms with Crippen LogP contribution in [0.15, 0.2) is 46.3 Å². The van der Waals surface area contributed by atoms with E-state index in [1.165, 1.54) is 0 Å². The van der Waals surface area contributed by atoms with Gasteiger partial charge in [-0.1, -0.05) is 23.8 Å². The van der Waals surface area contributed by atoms with Gasteiger partial charge >= 0.3 is 0 Å². The SMILES string of the molecule is Cc1cccc(C(=O)Cc2nc3ccc4scnc4c3o2)c1. The van der Waals surface area contributed by atoms with Crippen molar-refractivity contribution < 1.29 is 9.21 Å². The molecule has 0 atom stereocenters. The van der Waals surface area contributed by atoms with Gasteiger partial charge < -0.3 is 4.42 Å². The van der Waals surface area contributed by atoms with E-state index < -0.39 is 0 Å². The summed E-state index contributed by atoms with van der Waals surface area (Å²) in [6, 6.07) is 11.4. The summed E-state index contributed by atoms with van der Waals surface area (Å²) in [6.45, 7) is 1.97. The Kier molecular flexibility index (Phi) is 3.01.